The van der Waals surface area contributed by atoms with Crippen molar-refractivity contribution in [3.05, 3.63) is 35.9 Å². The first-order chi connectivity index (χ1) is 4.84. The van der Waals surface area contributed by atoms with Crippen molar-refractivity contribution in [1.82, 2.24) is 0 Å². The fourth-order valence-corrected chi connectivity index (χ4v) is 1.05. The first-order valence-electron chi connectivity index (χ1n) is 3.45. The van der Waals surface area contributed by atoms with Gasteiger partial charge in [0.05, 0.1) is 0 Å². The fourth-order valence-electron chi connectivity index (χ4n) is 0.871. The van der Waals surface area contributed by atoms with Crippen molar-refractivity contribution in [3.63, 3.8) is 0 Å². The third kappa shape index (κ3) is 3.62. The van der Waals surface area contributed by atoms with Crippen molar-refractivity contribution in [2.75, 3.05) is 5.88 Å². The zero-order chi connectivity index (χ0) is 7.40. The minimum Gasteiger partial charge on any atom is -0.126 e. The van der Waals surface area contributed by atoms with Crippen molar-refractivity contribution in [2.45, 2.75) is 12.8 Å². The molecule has 0 aromatic heterocycles. The second-order valence-corrected chi connectivity index (χ2v) is 2.77. The van der Waals surface area contributed by atoms with E-state index in [4.69, 9.17) is 11.6 Å². The van der Waals surface area contributed by atoms with Crippen molar-refractivity contribution < 1.29 is 0 Å². The molecule has 0 saturated heterocycles. The second kappa shape index (κ2) is 6.07. The molecule has 0 fully saturated rings. The van der Waals surface area contributed by atoms with Crippen LogP contribution in [0.1, 0.15) is 18.4 Å². The number of rotatable bonds is 2. The van der Waals surface area contributed by atoms with Gasteiger partial charge in [-0.2, -0.15) is 0 Å². The van der Waals surface area contributed by atoms with Crippen molar-refractivity contribution >= 4 is 41.2 Å². The van der Waals surface area contributed by atoms with Crippen LogP contribution in [0.25, 0.3) is 0 Å². The topological polar surface area (TPSA) is 0 Å². The summed E-state index contributed by atoms with van der Waals surface area (Å²) in [5.41, 5.74) is 1.32. The van der Waals surface area contributed by atoms with Gasteiger partial charge < -0.3 is 0 Å². The molecule has 0 saturated carbocycles. The van der Waals surface area contributed by atoms with Crippen LogP contribution < -0.4 is 0 Å². The van der Waals surface area contributed by atoms with E-state index in [2.05, 4.69) is 19.1 Å². The van der Waals surface area contributed by atoms with Gasteiger partial charge in [-0.25, -0.2) is 0 Å². The van der Waals surface area contributed by atoms with E-state index in [1.807, 2.05) is 18.2 Å². The maximum Gasteiger partial charge on any atom is 0.0289 e. The van der Waals surface area contributed by atoms with Crippen LogP contribution in [0, 0.1) is 0 Å². The van der Waals surface area contributed by atoms with E-state index in [0.717, 1.165) is 0 Å². The van der Waals surface area contributed by atoms with E-state index in [1.165, 1.54) is 5.56 Å². The largest absolute Gasteiger partial charge is 0.126 e. The summed E-state index contributed by atoms with van der Waals surface area (Å²) < 4.78 is 0. The molecule has 2 heteroatoms. The van der Waals surface area contributed by atoms with Gasteiger partial charge in [0.2, 0.25) is 0 Å². The van der Waals surface area contributed by atoms with Crippen molar-refractivity contribution in [3.8, 4) is 0 Å². The molecule has 55 valence electrons. The van der Waals surface area contributed by atoms with Gasteiger partial charge >= 0.3 is 0 Å². The maximum atomic E-state index is 5.69. The molecular formula is C9H11ClNa. The molecule has 1 unspecified atom stereocenters. The number of alkyl halides is 1. The van der Waals surface area contributed by atoms with Crippen LogP contribution in [0.15, 0.2) is 30.3 Å². The Morgan fingerprint density at radius 1 is 1.27 bits per heavy atom. The van der Waals surface area contributed by atoms with Gasteiger partial charge in [-0.3, -0.25) is 0 Å². The molecule has 0 amide bonds. The molecule has 1 atom stereocenters. The Morgan fingerprint density at radius 3 is 2.27 bits per heavy atom. The fraction of sp³-hybridized carbons (Fsp3) is 0.333. The molecule has 1 aromatic rings. The number of benzene rings is 1. The second-order valence-electron chi connectivity index (χ2n) is 2.47. The van der Waals surface area contributed by atoms with E-state index < -0.39 is 0 Å². The normalized spacial score (nSPS) is 11.8. The molecule has 0 nitrogen and oxygen atoms in total. The molecule has 1 radical (unpaired) electrons. The van der Waals surface area contributed by atoms with Gasteiger partial charge in [0.25, 0.3) is 0 Å². The molecule has 0 N–H and O–H groups in total. The average molecular weight is 178 g/mol. The predicted octanol–water partition coefficient (Wildman–Crippen LogP) is 2.65. The Kier molecular flexibility index (Phi) is 6.36. The molecule has 0 aliphatic carbocycles. The summed E-state index contributed by atoms with van der Waals surface area (Å²) >= 11 is 5.69. The van der Waals surface area contributed by atoms with Crippen LogP contribution >= 0.6 is 11.6 Å². The summed E-state index contributed by atoms with van der Waals surface area (Å²) in [6, 6.07) is 10.3. The third-order valence-corrected chi connectivity index (χ3v) is 2.06. The van der Waals surface area contributed by atoms with Gasteiger partial charge in [-0.1, -0.05) is 37.3 Å². The smallest absolute Gasteiger partial charge is 0.0289 e. The van der Waals surface area contributed by atoms with Gasteiger partial charge in [0.1, 0.15) is 0 Å². The van der Waals surface area contributed by atoms with Crippen molar-refractivity contribution in [1.29, 1.82) is 0 Å². The standard InChI is InChI=1S/C9H11Cl.Na/c1-8(7-10)9-5-3-2-4-6-9;/h2-6,8H,7H2,1H3;. The van der Waals surface area contributed by atoms with E-state index in [-0.39, 0.29) is 29.6 Å². The molecule has 0 bridgehead atoms. The summed E-state index contributed by atoms with van der Waals surface area (Å²) in [6.45, 7) is 2.13. The zero-order valence-corrected chi connectivity index (χ0v) is 9.81. The first kappa shape index (κ1) is 11.5. The Labute approximate surface area is 95.2 Å². The van der Waals surface area contributed by atoms with Gasteiger partial charge in [0, 0.05) is 35.4 Å². The Balaban J connectivity index is 0.000001000. The number of hydrogen-bond acceptors (Lipinski definition) is 0. The average Bonchev–Trinajstić information content (AvgIpc) is 2.05. The minimum absolute atomic E-state index is 0. The zero-order valence-electron chi connectivity index (χ0n) is 7.05. The molecule has 0 spiro atoms. The molecule has 0 heterocycles. The van der Waals surface area contributed by atoms with Crippen LogP contribution in [0.4, 0.5) is 0 Å². The Bertz CT molecular complexity index is 186. The summed E-state index contributed by atoms with van der Waals surface area (Å²) in [4.78, 5) is 0. The summed E-state index contributed by atoms with van der Waals surface area (Å²) in [5, 5.41) is 0. The molecule has 1 rings (SSSR count). The molecule has 1 aromatic carbocycles. The molecule has 0 aliphatic rings. The van der Waals surface area contributed by atoms with Gasteiger partial charge in [-0.15, -0.1) is 11.6 Å². The summed E-state index contributed by atoms with van der Waals surface area (Å²) in [6.07, 6.45) is 0. The van der Waals surface area contributed by atoms with Crippen LogP contribution in [-0.2, 0) is 0 Å². The number of hydrogen-bond donors (Lipinski definition) is 0. The summed E-state index contributed by atoms with van der Waals surface area (Å²) in [5.74, 6) is 1.17. The van der Waals surface area contributed by atoms with Crippen molar-refractivity contribution in [2.24, 2.45) is 0 Å². The third-order valence-electron chi connectivity index (χ3n) is 1.60. The first-order valence-corrected chi connectivity index (χ1v) is 3.99. The van der Waals surface area contributed by atoms with Crippen LogP contribution in [0.2, 0.25) is 0 Å². The van der Waals surface area contributed by atoms with Crippen LogP contribution in [-0.4, -0.2) is 35.4 Å². The van der Waals surface area contributed by atoms with E-state index in [9.17, 15) is 0 Å². The predicted molar refractivity (Wildman–Crippen MR) is 51.3 cm³/mol. The van der Waals surface area contributed by atoms with Gasteiger partial charge in [0.15, 0.2) is 0 Å². The van der Waals surface area contributed by atoms with Crippen LogP contribution in [0.5, 0.6) is 0 Å². The van der Waals surface area contributed by atoms with E-state index in [0.29, 0.717) is 11.8 Å². The van der Waals surface area contributed by atoms with E-state index >= 15 is 0 Å². The molecular weight excluding hydrogens is 167 g/mol. The van der Waals surface area contributed by atoms with E-state index in [1.54, 1.807) is 0 Å². The van der Waals surface area contributed by atoms with Crippen LogP contribution in [0.3, 0.4) is 0 Å². The Morgan fingerprint density at radius 2 is 1.82 bits per heavy atom. The molecule has 11 heavy (non-hydrogen) atoms. The quantitative estimate of drug-likeness (QED) is 0.481. The molecule has 0 aliphatic heterocycles. The van der Waals surface area contributed by atoms with Gasteiger partial charge in [-0.05, 0) is 11.5 Å². The number of halogens is 1. The minimum atomic E-state index is 0. The Hall–Kier alpha value is 0.510. The monoisotopic (exact) mass is 177 g/mol. The maximum absolute atomic E-state index is 5.69. The summed E-state index contributed by atoms with van der Waals surface area (Å²) in [7, 11) is 0. The SMILES string of the molecule is CC(CCl)c1ccccc1.[Na].